The van der Waals surface area contributed by atoms with Crippen LogP contribution in [0.25, 0.3) is 0 Å². The molecule has 3 amide bonds. The number of Topliss-reactive ketones (excluding diaryl/α,β-unsaturated/α-hetero) is 1. The molecule has 0 saturated heterocycles. The number of carbonyl (C=O) groups excluding carboxylic acids is 5. The zero-order valence-electron chi connectivity index (χ0n) is 24.7. The molecular weight excluding hydrogens is 565 g/mol. The van der Waals surface area contributed by atoms with Gasteiger partial charge < -0.3 is 42.2 Å². The van der Waals surface area contributed by atoms with Gasteiger partial charge in [-0.3, -0.25) is 24.0 Å². The Morgan fingerprint density at radius 3 is 2.00 bits per heavy atom. The first-order valence-electron chi connectivity index (χ1n) is 13.8. The summed E-state index contributed by atoms with van der Waals surface area (Å²) < 4.78 is 13.8. The highest BCUT2D eigenvalue weighted by Gasteiger charge is 2.58. The van der Waals surface area contributed by atoms with Gasteiger partial charge in [-0.1, -0.05) is 57.0 Å². The zero-order chi connectivity index (χ0) is 32.1. The Bertz CT molecular complexity index is 1200. The highest BCUT2D eigenvalue weighted by molar-refractivity contribution is 7.49. The van der Waals surface area contributed by atoms with Gasteiger partial charge in [-0.15, -0.1) is 0 Å². The molecule has 0 bridgehead atoms. The summed E-state index contributed by atoms with van der Waals surface area (Å²) in [6, 6.07) is 5.66. The molecule has 14 heteroatoms. The van der Waals surface area contributed by atoms with Crippen molar-refractivity contribution < 1.29 is 38.8 Å². The number of hydrogen-bond donors (Lipinski definition) is 7. The number of rotatable bonds is 14. The predicted molar refractivity (Wildman–Crippen MR) is 156 cm³/mol. The van der Waals surface area contributed by atoms with Gasteiger partial charge in [0, 0.05) is 0 Å². The Morgan fingerprint density at radius 1 is 1.00 bits per heavy atom. The average molecular weight is 609 g/mol. The maximum absolute atomic E-state index is 13.8. The lowest BCUT2D eigenvalue weighted by atomic mass is 9.78. The van der Waals surface area contributed by atoms with Crippen molar-refractivity contribution in [1.29, 1.82) is 0 Å². The topological polar surface area (TPSA) is 231 Å². The second-order valence-corrected chi connectivity index (χ2v) is 14.1. The molecular formula is C28H43N5O8P. The molecule has 0 spiro atoms. The lowest BCUT2D eigenvalue weighted by Gasteiger charge is -2.40. The molecule has 0 heterocycles. The van der Waals surface area contributed by atoms with E-state index in [2.05, 4.69) is 16.0 Å². The van der Waals surface area contributed by atoms with Crippen LogP contribution in [0, 0.1) is 5.92 Å². The van der Waals surface area contributed by atoms with Gasteiger partial charge in [-0.25, -0.2) is 0 Å². The Labute approximate surface area is 246 Å². The first-order chi connectivity index (χ1) is 19.4. The summed E-state index contributed by atoms with van der Waals surface area (Å²) >= 11 is 0. The highest BCUT2D eigenvalue weighted by atomic mass is 31.1. The fraction of sp³-hybridized carbons (Fsp3) is 0.607. The molecule has 0 aromatic heterocycles. The van der Waals surface area contributed by atoms with Crippen LogP contribution in [0.15, 0.2) is 30.3 Å². The van der Waals surface area contributed by atoms with Crippen molar-refractivity contribution in [2.24, 2.45) is 17.4 Å². The molecule has 9 N–H and O–H groups in total. The van der Waals surface area contributed by atoms with Crippen LogP contribution in [0.5, 0.6) is 0 Å². The van der Waals surface area contributed by atoms with Crippen LogP contribution in [-0.4, -0.2) is 74.9 Å². The van der Waals surface area contributed by atoms with Gasteiger partial charge in [0.05, 0.1) is 11.8 Å². The quantitative estimate of drug-likeness (QED) is 0.0815. The van der Waals surface area contributed by atoms with Gasteiger partial charge >= 0.3 is 0 Å². The van der Waals surface area contributed by atoms with E-state index in [0.29, 0.717) is 18.4 Å². The standard InChI is InChI=1S/C28H43N5O8P/c1-17(2)27(29,15-34)23(38)26(13-9-10-14-26)42(41)25(5,40)33-22(37)19(4)31-21(36)18(3)32-24(39)28(30,16-35)20-11-7-6-8-12-20/h6-8,11-12,17-19,35,40,42H,9-10,13-14,16,29-30H2,1-5H3,(H,31,36)(H,32,39)(H,33,37)/t18-,19-,25?,27+,28+/m0/s1. The number of nitrogens with two attached hydrogens (primary N) is 2. The number of aliphatic hydroxyl groups excluding tert-OH is 1. The fourth-order valence-corrected chi connectivity index (χ4v) is 7.44. The molecule has 13 nitrogen and oxygen atoms in total. The van der Waals surface area contributed by atoms with Gasteiger partial charge in [0.15, 0.2) is 11.2 Å². The molecule has 1 fully saturated rings. The van der Waals surface area contributed by atoms with E-state index in [-0.39, 0.29) is 12.8 Å². The van der Waals surface area contributed by atoms with Crippen molar-refractivity contribution in [3.63, 3.8) is 0 Å². The first kappa shape index (κ1) is 35.2. The minimum Gasteiger partial charge on any atom is -0.394 e. The normalized spacial score (nSPS) is 21.0. The molecule has 1 aromatic carbocycles. The lowest BCUT2D eigenvalue weighted by Crippen LogP contribution is -2.62. The van der Waals surface area contributed by atoms with Crippen LogP contribution in [0.1, 0.15) is 65.9 Å². The Balaban J connectivity index is 2.12. The third-order valence-corrected chi connectivity index (χ3v) is 10.6. The van der Waals surface area contributed by atoms with Gasteiger partial charge in [-0.05, 0) is 45.1 Å². The summed E-state index contributed by atoms with van der Waals surface area (Å²) in [6.07, 6.45) is 2.86. The van der Waals surface area contributed by atoms with Crippen molar-refractivity contribution in [2.45, 2.75) is 94.1 Å². The number of amides is 3. The summed E-state index contributed by atoms with van der Waals surface area (Å²) in [7, 11) is -3.40. The average Bonchev–Trinajstić information content (AvgIpc) is 3.46. The minimum absolute atomic E-state index is 0.117. The van der Waals surface area contributed by atoms with Crippen LogP contribution in [0.3, 0.4) is 0 Å². The van der Waals surface area contributed by atoms with E-state index in [1.807, 2.05) is 0 Å². The van der Waals surface area contributed by atoms with Crippen LogP contribution < -0.4 is 27.4 Å². The molecule has 1 radical (unpaired) electrons. The molecule has 42 heavy (non-hydrogen) atoms. The molecule has 1 aromatic rings. The molecule has 233 valence electrons. The third-order valence-electron chi connectivity index (χ3n) is 8.03. The SMILES string of the molecule is CC(C)[C@](N)([C]=O)C(=O)C1([PH](=O)C(C)(O)NC(=O)[C@H](C)NC(=O)[C@H](C)NC(=O)[C@@](N)(CO)c2ccccc2)CCCC1. The smallest absolute Gasteiger partial charge is 0.247 e. The minimum atomic E-state index is -3.40. The first-order valence-corrected chi connectivity index (χ1v) is 15.2. The van der Waals surface area contributed by atoms with Crippen molar-refractivity contribution >= 4 is 37.6 Å². The van der Waals surface area contributed by atoms with E-state index in [1.54, 1.807) is 50.5 Å². The summed E-state index contributed by atoms with van der Waals surface area (Å²) in [5.74, 6) is -3.95. The van der Waals surface area contributed by atoms with E-state index in [9.17, 15) is 38.8 Å². The molecule has 1 aliphatic rings. The van der Waals surface area contributed by atoms with Gasteiger partial charge in [0.25, 0.3) is 0 Å². The molecule has 1 saturated carbocycles. The van der Waals surface area contributed by atoms with E-state index in [0.717, 1.165) is 6.92 Å². The van der Waals surface area contributed by atoms with Crippen molar-refractivity contribution in [3.05, 3.63) is 35.9 Å². The second-order valence-electron chi connectivity index (χ2n) is 11.6. The van der Waals surface area contributed by atoms with E-state index in [1.165, 1.54) is 13.8 Å². The molecule has 0 aliphatic heterocycles. The number of ketones is 1. The van der Waals surface area contributed by atoms with Crippen LogP contribution in [-0.2, 0) is 34.1 Å². The third kappa shape index (κ3) is 6.98. The van der Waals surface area contributed by atoms with Crippen molar-refractivity contribution in [3.8, 4) is 0 Å². The Morgan fingerprint density at radius 2 is 1.52 bits per heavy atom. The number of benzene rings is 1. The van der Waals surface area contributed by atoms with Gasteiger partial charge in [-0.2, -0.15) is 0 Å². The fourth-order valence-electron chi connectivity index (χ4n) is 5.05. The Hall–Kier alpha value is -2.96. The number of aliphatic hydroxyl groups is 2. The predicted octanol–water partition coefficient (Wildman–Crippen LogP) is -0.471. The Kier molecular flexibility index (Phi) is 11.4. The number of hydrogen-bond acceptors (Lipinski definition) is 10. The summed E-state index contributed by atoms with van der Waals surface area (Å²) in [5, 5.41) is 26.4. The van der Waals surface area contributed by atoms with E-state index >= 15 is 0 Å². The number of carbonyl (C=O) groups is 4. The maximum atomic E-state index is 13.8. The summed E-state index contributed by atoms with van der Waals surface area (Å²) in [5.41, 5.74) is 6.33. The maximum Gasteiger partial charge on any atom is 0.247 e. The van der Waals surface area contributed by atoms with Crippen molar-refractivity contribution in [2.75, 3.05) is 6.61 Å². The molecule has 1 aliphatic carbocycles. The summed E-state index contributed by atoms with van der Waals surface area (Å²) in [4.78, 5) is 63.9. The lowest BCUT2D eigenvalue weighted by molar-refractivity contribution is -0.134. The van der Waals surface area contributed by atoms with Crippen molar-refractivity contribution in [1.82, 2.24) is 16.0 Å². The molecule has 6 atom stereocenters. The molecule has 2 unspecified atom stereocenters. The van der Waals surface area contributed by atoms with Gasteiger partial charge in [0.2, 0.25) is 24.0 Å². The second kappa shape index (κ2) is 13.6. The number of nitrogens with one attached hydrogen (secondary N) is 3. The molecule has 2 rings (SSSR count). The van der Waals surface area contributed by atoms with E-state index in [4.69, 9.17) is 11.5 Å². The van der Waals surface area contributed by atoms with Crippen LogP contribution in [0.4, 0.5) is 0 Å². The zero-order valence-corrected chi connectivity index (χ0v) is 25.7. The highest BCUT2D eigenvalue weighted by Crippen LogP contribution is 2.57. The van der Waals surface area contributed by atoms with Gasteiger partial charge in [0.1, 0.15) is 31.0 Å². The summed E-state index contributed by atoms with van der Waals surface area (Å²) in [6.45, 7) is 6.14. The monoisotopic (exact) mass is 608 g/mol. The van der Waals surface area contributed by atoms with Crippen LogP contribution in [0.2, 0.25) is 0 Å². The largest absolute Gasteiger partial charge is 0.394 e. The van der Waals surface area contributed by atoms with E-state index < -0.39 is 77.6 Å². The van der Waals surface area contributed by atoms with Crippen LogP contribution >= 0.6 is 7.80 Å².